The van der Waals surface area contributed by atoms with E-state index in [1.165, 1.54) is 0 Å². The number of Topliss-reactive ketones (excluding diaryl/α,β-unsaturated/α-hetero) is 1. The van der Waals surface area contributed by atoms with Gasteiger partial charge in [-0.15, -0.1) is 0 Å². The molecule has 5 heteroatoms. The molecule has 1 fully saturated rings. The highest BCUT2D eigenvalue weighted by Gasteiger charge is 2.26. The highest BCUT2D eigenvalue weighted by atomic mass is 16.5. The molecule has 1 aromatic carbocycles. The number of carboxylic acid groups (broad SMARTS) is 1. The molecule has 1 aromatic rings. The molecule has 5 nitrogen and oxygen atoms in total. The van der Waals surface area contributed by atoms with Crippen molar-refractivity contribution in [2.24, 2.45) is 5.92 Å². The lowest BCUT2D eigenvalue weighted by Crippen LogP contribution is -2.32. The molecule has 2 rings (SSSR count). The van der Waals surface area contributed by atoms with Crippen LogP contribution in [-0.2, 0) is 4.79 Å². The predicted molar refractivity (Wildman–Crippen MR) is 88.0 cm³/mol. The summed E-state index contributed by atoms with van der Waals surface area (Å²) < 4.78 is 5.57. The minimum atomic E-state index is -0.928. The minimum absolute atomic E-state index is 0.0754. The number of carboxylic acids is 1. The maximum absolute atomic E-state index is 12.7. The SMILES string of the molecule is CC(C)Oc1ccc(C(=O)C(CC(=O)O)CN2CCCC2)cc1. The quantitative estimate of drug-likeness (QED) is 0.746. The summed E-state index contributed by atoms with van der Waals surface area (Å²) in [6, 6.07) is 6.97. The van der Waals surface area contributed by atoms with Crippen molar-refractivity contribution < 1.29 is 19.4 Å². The lowest BCUT2D eigenvalue weighted by Gasteiger charge is -2.21. The van der Waals surface area contributed by atoms with Crippen molar-refractivity contribution in [1.29, 1.82) is 0 Å². The molecule has 1 aliphatic rings. The second-order valence-corrected chi connectivity index (χ2v) is 6.36. The van der Waals surface area contributed by atoms with Crippen LogP contribution in [0.2, 0.25) is 0 Å². The van der Waals surface area contributed by atoms with Gasteiger partial charge >= 0.3 is 5.97 Å². The van der Waals surface area contributed by atoms with E-state index in [4.69, 9.17) is 9.84 Å². The lowest BCUT2D eigenvalue weighted by atomic mass is 9.94. The van der Waals surface area contributed by atoms with Crippen LogP contribution in [0.3, 0.4) is 0 Å². The van der Waals surface area contributed by atoms with Gasteiger partial charge in [0.25, 0.3) is 0 Å². The van der Waals surface area contributed by atoms with Gasteiger partial charge in [0.15, 0.2) is 5.78 Å². The van der Waals surface area contributed by atoms with Crippen LogP contribution in [0.5, 0.6) is 5.75 Å². The summed E-state index contributed by atoms with van der Waals surface area (Å²) in [6.45, 7) is 6.31. The fraction of sp³-hybridized carbons (Fsp3) is 0.556. The summed E-state index contributed by atoms with van der Waals surface area (Å²) in [5, 5.41) is 9.11. The molecule has 1 N–H and O–H groups in total. The number of hydrogen-bond donors (Lipinski definition) is 1. The van der Waals surface area contributed by atoms with Crippen molar-refractivity contribution in [1.82, 2.24) is 4.90 Å². The first-order valence-electron chi connectivity index (χ1n) is 8.21. The first kappa shape index (κ1) is 17.5. The summed E-state index contributed by atoms with van der Waals surface area (Å²) in [5.74, 6) is -0.814. The van der Waals surface area contributed by atoms with Gasteiger partial charge in [-0.25, -0.2) is 0 Å². The molecule has 1 aliphatic heterocycles. The number of rotatable bonds is 8. The van der Waals surface area contributed by atoms with Crippen LogP contribution < -0.4 is 4.74 Å². The van der Waals surface area contributed by atoms with Crippen LogP contribution in [0.4, 0.5) is 0 Å². The van der Waals surface area contributed by atoms with Crippen LogP contribution in [0.15, 0.2) is 24.3 Å². The normalized spacial score (nSPS) is 16.5. The number of carbonyl (C=O) groups excluding carboxylic acids is 1. The zero-order chi connectivity index (χ0) is 16.8. The van der Waals surface area contributed by atoms with E-state index < -0.39 is 11.9 Å². The largest absolute Gasteiger partial charge is 0.491 e. The summed E-state index contributed by atoms with van der Waals surface area (Å²) in [6.07, 6.45) is 2.19. The molecule has 0 spiro atoms. The topological polar surface area (TPSA) is 66.8 Å². The molecular formula is C18H25NO4. The van der Waals surface area contributed by atoms with Gasteiger partial charge in [0.2, 0.25) is 0 Å². The third-order valence-electron chi connectivity index (χ3n) is 3.98. The molecule has 23 heavy (non-hydrogen) atoms. The van der Waals surface area contributed by atoms with Crippen molar-refractivity contribution in [2.45, 2.75) is 39.2 Å². The number of nitrogens with zero attached hydrogens (tertiary/aromatic N) is 1. The number of likely N-dealkylation sites (tertiary alicyclic amines) is 1. The summed E-state index contributed by atoms with van der Waals surface area (Å²) in [5.41, 5.74) is 0.548. The Morgan fingerprint density at radius 3 is 2.30 bits per heavy atom. The van der Waals surface area contributed by atoms with Gasteiger partial charge < -0.3 is 14.7 Å². The van der Waals surface area contributed by atoms with Crippen LogP contribution in [-0.4, -0.2) is 47.5 Å². The number of carbonyl (C=O) groups is 2. The molecule has 1 unspecified atom stereocenters. The smallest absolute Gasteiger partial charge is 0.304 e. The van der Waals surface area contributed by atoms with Gasteiger partial charge in [-0.1, -0.05) is 0 Å². The van der Waals surface area contributed by atoms with Crippen molar-refractivity contribution in [2.75, 3.05) is 19.6 Å². The number of benzene rings is 1. The van der Waals surface area contributed by atoms with Crippen LogP contribution in [0, 0.1) is 5.92 Å². The van der Waals surface area contributed by atoms with Gasteiger partial charge in [0, 0.05) is 18.0 Å². The third-order valence-corrected chi connectivity index (χ3v) is 3.98. The fourth-order valence-electron chi connectivity index (χ4n) is 2.93. The van der Waals surface area contributed by atoms with Gasteiger partial charge in [-0.05, 0) is 64.0 Å². The molecule has 0 saturated carbocycles. The van der Waals surface area contributed by atoms with Crippen LogP contribution >= 0.6 is 0 Å². The molecule has 1 heterocycles. The van der Waals surface area contributed by atoms with Gasteiger partial charge in [-0.3, -0.25) is 9.59 Å². The molecule has 0 radical (unpaired) electrons. The van der Waals surface area contributed by atoms with E-state index in [0.29, 0.717) is 17.9 Å². The molecule has 0 bridgehead atoms. The Morgan fingerprint density at radius 1 is 1.17 bits per heavy atom. The van der Waals surface area contributed by atoms with Crippen molar-refractivity contribution in [3.05, 3.63) is 29.8 Å². The molecule has 0 aliphatic carbocycles. The minimum Gasteiger partial charge on any atom is -0.491 e. The maximum atomic E-state index is 12.7. The van der Waals surface area contributed by atoms with Crippen LogP contribution in [0.1, 0.15) is 43.5 Å². The Labute approximate surface area is 137 Å². The van der Waals surface area contributed by atoms with E-state index >= 15 is 0 Å². The second kappa shape index (κ2) is 8.11. The van der Waals surface area contributed by atoms with E-state index in [-0.39, 0.29) is 18.3 Å². The van der Waals surface area contributed by atoms with Gasteiger partial charge in [0.05, 0.1) is 12.5 Å². The van der Waals surface area contributed by atoms with Gasteiger partial charge in [-0.2, -0.15) is 0 Å². The Hall–Kier alpha value is -1.88. The molecule has 1 atom stereocenters. The fourth-order valence-corrected chi connectivity index (χ4v) is 2.93. The Balaban J connectivity index is 2.07. The zero-order valence-corrected chi connectivity index (χ0v) is 13.8. The predicted octanol–water partition coefficient (Wildman–Crippen LogP) is 2.84. The molecule has 0 aromatic heterocycles. The standard InChI is InChI=1S/C18H25NO4/c1-13(2)23-16-7-5-14(6-8-16)18(22)15(11-17(20)21)12-19-9-3-4-10-19/h5-8,13,15H,3-4,9-12H2,1-2H3,(H,20,21). The van der Waals surface area contributed by atoms with Crippen molar-refractivity contribution in [3.8, 4) is 5.75 Å². The first-order chi connectivity index (χ1) is 11.0. The maximum Gasteiger partial charge on any atom is 0.304 e. The molecule has 0 amide bonds. The Kier molecular flexibility index (Phi) is 6.16. The monoisotopic (exact) mass is 319 g/mol. The van der Waals surface area contributed by atoms with E-state index in [1.54, 1.807) is 24.3 Å². The van der Waals surface area contributed by atoms with E-state index in [9.17, 15) is 9.59 Å². The first-order valence-corrected chi connectivity index (χ1v) is 8.21. The zero-order valence-electron chi connectivity index (χ0n) is 13.8. The Bertz CT molecular complexity index is 532. The van der Waals surface area contributed by atoms with E-state index in [1.807, 2.05) is 13.8 Å². The lowest BCUT2D eigenvalue weighted by molar-refractivity contribution is -0.137. The number of ether oxygens (including phenoxy) is 1. The summed E-state index contributed by atoms with van der Waals surface area (Å²) in [7, 11) is 0. The Morgan fingerprint density at radius 2 is 1.78 bits per heavy atom. The highest BCUT2D eigenvalue weighted by molar-refractivity contribution is 5.99. The number of aliphatic carboxylic acids is 1. The second-order valence-electron chi connectivity index (χ2n) is 6.36. The number of hydrogen-bond acceptors (Lipinski definition) is 4. The highest BCUT2D eigenvalue weighted by Crippen LogP contribution is 2.20. The number of ketones is 1. The van der Waals surface area contributed by atoms with Gasteiger partial charge in [0.1, 0.15) is 5.75 Å². The average molecular weight is 319 g/mol. The molecule has 1 saturated heterocycles. The molecular weight excluding hydrogens is 294 g/mol. The van der Waals surface area contributed by atoms with Crippen molar-refractivity contribution >= 4 is 11.8 Å². The average Bonchev–Trinajstić information content (AvgIpc) is 2.98. The summed E-state index contributed by atoms with van der Waals surface area (Å²) in [4.78, 5) is 26.0. The third kappa shape index (κ3) is 5.36. The van der Waals surface area contributed by atoms with Crippen LogP contribution in [0.25, 0.3) is 0 Å². The van der Waals surface area contributed by atoms with Crippen molar-refractivity contribution in [3.63, 3.8) is 0 Å². The van der Waals surface area contributed by atoms with E-state index in [2.05, 4.69) is 4.90 Å². The van der Waals surface area contributed by atoms with E-state index in [0.717, 1.165) is 25.9 Å². The molecule has 126 valence electrons. The summed E-state index contributed by atoms with van der Waals surface area (Å²) >= 11 is 0.